The molecule has 0 spiro atoms. The van der Waals surface area contributed by atoms with Gasteiger partial charge in [-0.3, -0.25) is 9.52 Å². The van der Waals surface area contributed by atoms with Gasteiger partial charge in [-0.05, 0) is 37.3 Å². The lowest BCUT2D eigenvalue weighted by Crippen LogP contribution is -2.35. The molecule has 3 aromatic rings. The Kier molecular flexibility index (Phi) is 4.56. The molecule has 144 valence electrons. The number of aromatic nitrogens is 1. The summed E-state index contributed by atoms with van der Waals surface area (Å²) in [5.74, 6) is 0.500. The average Bonchev–Trinajstić information content (AvgIpc) is 3.04. The molecule has 1 aromatic heterocycles. The maximum absolute atomic E-state index is 12.5. The zero-order valence-corrected chi connectivity index (χ0v) is 16.8. The molecule has 0 bridgehead atoms. The number of ether oxygens (including phenoxy) is 1. The molecule has 0 aliphatic carbocycles. The number of sulfonamides is 1. The fourth-order valence-electron chi connectivity index (χ4n) is 2.90. The predicted molar refractivity (Wildman–Crippen MR) is 108 cm³/mol. The highest BCUT2D eigenvalue weighted by molar-refractivity contribution is 7.93. The lowest BCUT2D eigenvalue weighted by atomic mass is 10.1. The molecule has 1 amide bonds. The average molecular weight is 415 g/mol. The van der Waals surface area contributed by atoms with Crippen LogP contribution in [0, 0.1) is 6.92 Å². The van der Waals surface area contributed by atoms with E-state index in [1.54, 1.807) is 36.2 Å². The predicted octanol–water partition coefficient (Wildman–Crippen LogP) is 3.27. The van der Waals surface area contributed by atoms with E-state index in [0.717, 1.165) is 10.4 Å². The number of nitrogens with one attached hydrogen (secondary N) is 1. The molecular formula is C19H17N3O4S2. The molecule has 4 rings (SSSR count). The molecule has 28 heavy (non-hydrogen) atoms. The van der Waals surface area contributed by atoms with Crippen molar-refractivity contribution in [2.24, 2.45) is 0 Å². The number of thiazole rings is 1. The minimum absolute atomic E-state index is 0.0178. The Morgan fingerprint density at radius 2 is 1.93 bits per heavy atom. The second-order valence-electron chi connectivity index (χ2n) is 6.27. The number of rotatable bonds is 4. The van der Waals surface area contributed by atoms with Gasteiger partial charge in [0.1, 0.15) is 5.75 Å². The number of anilines is 2. The van der Waals surface area contributed by atoms with Crippen molar-refractivity contribution in [2.45, 2.75) is 11.8 Å². The molecule has 0 saturated carbocycles. The molecule has 1 N–H and O–H groups in total. The lowest BCUT2D eigenvalue weighted by molar-refractivity contribution is -0.120. The van der Waals surface area contributed by atoms with Crippen molar-refractivity contribution in [3.05, 3.63) is 53.4 Å². The highest BCUT2D eigenvalue weighted by atomic mass is 32.2. The van der Waals surface area contributed by atoms with Crippen LogP contribution in [0.15, 0.2) is 53.4 Å². The molecule has 0 atom stereocenters. The minimum atomic E-state index is -3.70. The molecule has 1 aliphatic heterocycles. The Bertz CT molecular complexity index is 1160. The van der Waals surface area contributed by atoms with Gasteiger partial charge in [0.05, 0.1) is 16.3 Å². The van der Waals surface area contributed by atoms with Gasteiger partial charge in [0.2, 0.25) is 0 Å². The van der Waals surface area contributed by atoms with Crippen LogP contribution in [0.1, 0.15) is 4.88 Å². The van der Waals surface area contributed by atoms with E-state index in [-0.39, 0.29) is 22.5 Å². The third-order valence-corrected chi connectivity index (χ3v) is 6.76. The van der Waals surface area contributed by atoms with Gasteiger partial charge in [0, 0.05) is 17.5 Å². The van der Waals surface area contributed by atoms with Gasteiger partial charge < -0.3 is 9.64 Å². The van der Waals surface area contributed by atoms with Crippen LogP contribution in [-0.4, -0.2) is 33.0 Å². The first-order chi connectivity index (χ1) is 13.3. The number of carbonyl (C=O) groups is 1. The standard InChI is InChI=1S/C19H17N3O4S2/c1-12-18(13-8-9-16-15(10-13)22(2)17(23)11-26-16)20-19(27-12)21-28(24,25)14-6-4-3-5-7-14/h3-10H,11H2,1-2H3,(H,20,21). The summed E-state index contributed by atoms with van der Waals surface area (Å²) >= 11 is 1.26. The molecule has 7 nitrogen and oxygen atoms in total. The highest BCUT2D eigenvalue weighted by Crippen LogP contribution is 2.38. The topological polar surface area (TPSA) is 88.6 Å². The molecule has 1 aliphatic rings. The van der Waals surface area contributed by atoms with Crippen LogP contribution in [0.25, 0.3) is 11.3 Å². The third-order valence-electron chi connectivity index (χ3n) is 4.39. The van der Waals surface area contributed by atoms with E-state index >= 15 is 0 Å². The number of hydrogen-bond donors (Lipinski definition) is 1. The molecule has 0 radical (unpaired) electrons. The second kappa shape index (κ2) is 6.92. The fourth-order valence-corrected chi connectivity index (χ4v) is 4.99. The van der Waals surface area contributed by atoms with Crippen molar-refractivity contribution in [1.82, 2.24) is 4.98 Å². The number of amides is 1. The number of hydrogen-bond acceptors (Lipinski definition) is 6. The SMILES string of the molecule is Cc1sc(NS(=O)(=O)c2ccccc2)nc1-c1ccc2c(c1)N(C)C(=O)CO2. The maximum Gasteiger partial charge on any atom is 0.264 e. The summed E-state index contributed by atoms with van der Waals surface area (Å²) in [4.78, 5) is 18.9. The number of fused-ring (bicyclic) bond motifs is 1. The highest BCUT2D eigenvalue weighted by Gasteiger charge is 2.24. The molecule has 2 aromatic carbocycles. The number of likely N-dealkylation sites (N-methyl/N-ethyl adjacent to an activating group) is 1. The van der Waals surface area contributed by atoms with Crippen LogP contribution in [0.3, 0.4) is 0 Å². The van der Waals surface area contributed by atoms with Crippen LogP contribution in [0.5, 0.6) is 5.75 Å². The van der Waals surface area contributed by atoms with E-state index in [1.807, 2.05) is 19.1 Å². The van der Waals surface area contributed by atoms with Crippen LogP contribution in [0.4, 0.5) is 10.8 Å². The summed E-state index contributed by atoms with van der Waals surface area (Å²) in [6.07, 6.45) is 0. The first kappa shape index (κ1) is 18.5. The summed E-state index contributed by atoms with van der Waals surface area (Å²) in [5.41, 5.74) is 2.10. The summed E-state index contributed by atoms with van der Waals surface area (Å²) in [6, 6.07) is 13.6. The molecule has 2 heterocycles. The van der Waals surface area contributed by atoms with Crippen molar-refractivity contribution in [3.8, 4) is 17.0 Å². The summed E-state index contributed by atoms with van der Waals surface area (Å²) in [7, 11) is -2.01. The van der Waals surface area contributed by atoms with Crippen LogP contribution in [-0.2, 0) is 14.8 Å². The first-order valence-corrected chi connectivity index (χ1v) is 10.7. The largest absolute Gasteiger partial charge is 0.482 e. The number of aryl methyl sites for hydroxylation is 1. The van der Waals surface area contributed by atoms with Gasteiger partial charge in [-0.1, -0.05) is 18.2 Å². The van der Waals surface area contributed by atoms with Gasteiger partial charge in [-0.2, -0.15) is 0 Å². The monoisotopic (exact) mass is 415 g/mol. The van der Waals surface area contributed by atoms with Crippen LogP contribution >= 0.6 is 11.3 Å². The number of benzene rings is 2. The Morgan fingerprint density at radius 3 is 2.68 bits per heavy atom. The van der Waals surface area contributed by atoms with Crippen molar-refractivity contribution in [2.75, 3.05) is 23.3 Å². The van der Waals surface area contributed by atoms with E-state index in [9.17, 15) is 13.2 Å². The van der Waals surface area contributed by atoms with E-state index in [4.69, 9.17) is 4.74 Å². The minimum Gasteiger partial charge on any atom is -0.482 e. The van der Waals surface area contributed by atoms with E-state index in [0.29, 0.717) is 17.1 Å². The number of carbonyl (C=O) groups excluding carboxylic acids is 1. The Morgan fingerprint density at radius 1 is 1.18 bits per heavy atom. The Labute approximate surface area is 166 Å². The second-order valence-corrected chi connectivity index (χ2v) is 9.15. The van der Waals surface area contributed by atoms with Gasteiger partial charge >= 0.3 is 0 Å². The van der Waals surface area contributed by atoms with Crippen molar-refractivity contribution < 1.29 is 17.9 Å². The zero-order valence-electron chi connectivity index (χ0n) is 15.2. The lowest BCUT2D eigenvalue weighted by Gasteiger charge is -2.26. The molecule has 9 heteroatoms. The Hall–Kier alpha value is -2.91. The van der Waals surface area contributed by atoms with Crippen LogP contribution < -0.4 is 14.4 Å². The normalized spacial score (nSPS) is 13.8. The first-order valence-electron chi connectivity index (χ1n) is 8.44. The van der Waals surface area contributed by atoms with Crippen molar-refractivity contribution in [1.29, 1.82) is 0 Å². The van der Waals surface area contributed by atoms with E-state index in [2.05, 4.69) is 9.71 Å². The van der Waals surface area contributed by atoms with Gasteiger partial charge in [0.15, 0.2) is 11.7 Å². The fraction of sp³-hybridized carbons (Fsp3) is 0.158. The van der Waals surface area contributed by atoms with E-state index < -0.39 is 10.0 Å². The summed E-state index contributed by atoms with van der Waals surface area (Å²) in [6.45, 7) is 1.89. The van der Waals surface area contributed by atoms with Crippen molar-refractivity contribution >= 4 is 38.1 Å². The number of nitrogens with zero attached hydrogens (tertiary/aromatic N) is 2. The molecule has 0 fully saturated rings. The smallest absolute Gasteiger partial charge is 0.264 e. The quantitative estimate of drug-likeness (QED) is 0.706. The van der Waals surface area contributed by atoms with Gasteiger partial charge in [0.25, 0.3) is 15.9 Å². The summed E-state index contributed by atoms with van der Waals surface area (Å²) < 4.78 is 33.0. The molecule has 0 saturated heterocycles. The van der Waals surface area contributed by atoms with Crippen LogP contribution in [0.2, 0.25) is 0 Å². The molecular weight excluding hydrogens is 398 g/mol. The van der Waals surface area contributed by atoms with Gasteiger partial charge in [-0.25, -0.2) is 13.4 Å². The Balaban J connectivity index is 1.67. The van der Waals surface area contributed by atoms with Gasteiger partial charge in [-0.15, -0.1) is 11.3 Å². The maximum atomic E-state index is 12.5. The molecule has 0 unspecified atom stereocenters. The third kappa shape index (κ3) is 3.34. The van der Waals surface area contributed by atoms with E-state index in [1.165, 1.54) is 23.5 Å². The van der Waals surface area contributed by atoms with Crippen molar-refractivity contribution in [3.63, 3.8) is 0 Å². The zero-order chi connectivity index (χ0) is 19.9. The summed E-state index contributed by atoms with van der Waals surface area (Å²) in [5, 5.41) is 0.287.